The Morgan fingerprint density at radius 3 is 2.55 bits per heavy atom. The van der Waals surface area contributed by atoms with Crippen molar-refractivity contribution in [3.63, 3.8) is 0 Å². The second kappa shape index (κ2) is 6.97. The molecule has 0 bridgehead atoms. The first-order valence-electron chi connectivity index (χ1n) is 7.27. The van der Waals surface area contributed by atoms with Crippen LogP contribution in [-0.4, -0.2) is 40.0 Å². The second-order valence-electron chi connectivity index (χ2n) is 5.46. The van der Waals surface area contributed by atoms with E-state index < -0.39 is 12.1 Å². The van der Waals surface area contributed by atoms with Crippen molar-refractivity contribution in [2.75, 3.05) is 7.05 Å². The first-order chi connectivity index (χ1) is 10.4. The summed E-state index contributed by atoms with van der Waals surface area (Å²) in [5.74, 6) is 0.154. The fourth-order valence-corrected chi connectivity index (χ4v) is 2.60. The molecular weight excluding hydrogens is 297 g/mol. The fraction of sp³-hybridized carbons (Fsp3) is 0.769. The molecule has 124 valence electrons. The molecule has 6 nitrogen and oxygen atoms in total. The first-order valence-corrected chi connectivity index (χ1v) is 7.27. The second-order valence-corrected chi connectivity index (χ2v) is 5.46. The lowest BCUT2D eigenvalue weighted by atomic mass is 9.85. The van der Waals surface area contributed by atoms with Crippen LogP contribution in [0.25, 0.3) is 0 Å². The van der Waals surface area contributed by atoms with Gasteiger partial charge in [-0.3, -0.25) is 9.67 Å². The van der Waals surface area contributed by atoms with Gasteiger partial charge in [-0.2, -0.15) is 18.3 Å². The summed E-state index contributed by atoms with van der Waals surface area (Å²) in [4.78, 5) is 8.18. The third-order valence-corrected chi connectivity index (χ3v) is 3.97. The molecule has 2 rings (SSSR count). The third-order valence-electron chi connectivity index (χ3n) is 3.97. The lowest BCUT2D eigenvalue weighted by Gasteiger charge is -2.31. The number of halogens is 3. The minimum atomic E-state index is -4.07. The summed E-state index contributed by atoms with van der Waals surface area (Å²) < 4.78 is 39.6. The summed E-state index contributed by atoms with van der Waals surface area (Å²) in [6.07, 6.45) is -1.28. The SMILES string of the molecule is CN=C(NCc1ncnn1C)NC1CCC(C(F)(F)F)CC1. The summed E-state index contributed by atoms with van der Waals surface area (Å²) in [6, 6.07) is 0.0179. The van der Waals surface area contributed by atoms with Crippen LogP contribution >= 0.6 is 0 Å². The van der Waals surface area contributed by atoms with Gasteiger partial charge in [-0.1, -0.05) is 0 Å². The van der Waals surface area contributed by atoms with Gasteiger partial charge in [0, 0.05) is 20.1 Å². The maximum atomic E-state index is 12.6. The van der Waals surface area contributed by atoms with Gasteiger partial charge in [0.2, 0.25) is 0 Å². The van der Waals surface area contributed by atoms with E-state index in [0.29, 0.717) is 25.3 Å². The first kappa shape index (κ1) is 16.6. The molecule has 0 aliphatic heterocycles. The van der Waals surface area contributed by atoms with Crippen LogP contribution in [0.4, 0.5) is 13.2 Å². The molecule has 2 N–H and O–H groups in total. The van der Waals surface area contributed by atoms with E-state index >= 15 is 0 Å². The maximum Gasteiger partial charge on any atom is 0.391 e. The van der Waals surface area contributed by atoms with Gasteiger partial charge in [0.05, 0.1) is 12.5 Å². The number of rotatable bonds is 3. The molecule has 0 radical (unpaired) electrons. The minimum absolute atomic E-state index is 0.0179. The number of hydrogen-bond acceptors (Lipinski definition) is 3. The number of aryl methyl sites for hydroxylation is 1. The highest BCUT2D eigenvalue weighted by molar-refractivity contribution is 5.79. The van der Waals surface area contributed by atoms with Crippen molar-refractivity contribution in [2.24, 2.45) is 18.0 Å². The van der Waals surface area contributed by atoms with Crippen LogP contribution in [0.15, 0.2) is 11.3 Å². The normalized spacial score (nSPS) is 23.4. The van der Waals surface area contributed by atoms with Gasteiger partial charge in [0.25, 0.3) is 0 Å². The van der Waals surface area contributed by atoms with Crippen molar-refractivity contribution in [2.45, 2.75) is 44.4 Å². The molecular formula is C13H21F3N6. The maximum absolute atomic E-state index is 12.6. The van der Waals surface area contributed by atoms with E-state index in [1.54, 1.807) is 18.8 Å². The molecule has 0 saturated heterocycles. The number of aliphatic imine (C=N–C) groups is 1. The van der Waals surface area contributed by atoms with Crippen LogP contribution < -0.4 is 10.6 Å². The Hall–Kier alpha value is -1.80. The van der Waals surface area contributed by atoms with Gasteiger partial charge in [-0.05, 0) is 25.7 Å². The van der Waals surface area contributed by atoms with Crippen molar-refractivity contribution in [3.05, 3.63) is 12.2 Å². The number of hydrogen-bond donors (Lipinski definition) is 2. The van der Waals surface area contributed by atoms with Gasteiger partial charge in [0.15, 0.2) is 5.96 Å². The highest BCUT2D eigenvalue weighted by Crippen LogP contribution is 2.37. The predicted molar refractivity (Wildman–Crippen MR) is 76.1 cm³/mol. The lowest BCUT2D eigenvalue weighted by Crippen LogP contribution is -2.45. The molecule has 1 aromatic rings. The summed E-state index contributed by atoms with van der Waals surface area (Å²) >= 11 is 0. The van der Waals surface area contributed by atoms with Crippen molar-refractivity contribution >= 4 is 5.96 Å². The highest BCUT2D eigenvalue weighted by Gasteiger charge is 2.41. The quantitative estimate of drug-likeness (QED) is 0.656. The van der Waals surface area contributed by atoms with E-state index in [1.165, 1.54) is 6.33 Å². The zero-order valence-corrected chi connectivity index (χ0v) is 12.7. The molecule has 1 aliphatic carbocycles. The van der Waals surface area contributed by atoms with Gasteiger partial charge in [-0.25, -0.2) is 4.98 Å². The monoisotopic (exact) mass is 318 g/mol. The van der Waals surface area contributed by atoms with Crippen LogP contribution in [0.5, 0.6) is 0 Å². The summed E-state index contributed by atoms with van der Waals surface area (Å²) in [5, 5.41) is 10.2. The van der Waals surface area contributed by atoms with Gasteiger partial charge >= 0.3 is 6.18 Å². The predicted octanol–water partition coefficient (Wildman–Crippen LogP) is 1.60. The molecule has 1 heterocycles. The number of nitrogens with zero attached hydrogens (tertiary/aromatic N) is 4. The molecule has 0 atom stereocenters. The van der Waals surface area contributed by atoms with Crippen LogP contribution in [0.1, 0.15) is 31.5 Å². The van der Waals surface area contributed by atoms with Crippen molar-refractivity contribution in [1.29, 1.82) is 0 Å². The molecule has 1 fully saturated rings. The molecule has 0 amide bonds. The average molecular weight is 318 g/mol. The van der Waals surface area contributed by atoms with Crippen LogP contribution in [0.3, 0.4) is 0 Å². The van der Waals surface area contributed by atoms with Crippen LogP contribution in [-0.2, 0) is 13.6 Å². The molecule has 0 unspecified atom stereocenters. The highest BCUT2D eigenvalue weighted by atomic mass is 19.4. The molecule has 22 heavy (non-hydrogen) atoms. The number of nitrogens with one attached hydrogen (secondary N) is 2. The Morgan fingerprint density at radius 1 is 1.36 bits per heavy atom. The van der Waals surface area contributed by atoms with Gasteiger partial charge in [-0.15, -0.1) is 0 Å². The zero-order chi connectivity index (χ0) is 16.2. The van der Waals surface area contributed by atoms with E-state index in [1.807, 2.05) is 0 Å². The molecule has 9 heteroatoms. The Morgan fingerprint density at radius 2 is 2.05 bits per heavy atom. The van der Waals surface area contributed by atoms with Crippen LogP contribution in [0.2, 0.25) is 0 Å². The zero-order valence-electron chi connectivity index (χ0n) is 12.7. The van der Waals surface area contributed by atoms with E-state index in [-0.39, 0.29) is 18.9 Å². The topological polar surface area (TPSA) is 67.1 Å². The lowest BCUT2D eigenvalue weighted by molar-refractivity contribution is -0.182. The minimum Gasteiger partial charge on any atom is -0.354 e. The van der Waals surface area contributed by atoms with Crippen molar-refractivity contribution in [1.82, 2.24) is 25.4 Å². The molecule has 0 aromatic carbocycles. The summed E-state index contributed by atoms with van der Waals surface area (Å²) in [6.45, 7) is 0.452. The van der Waals surface area contributed by atoms with Crippen LogP contribution in [0, 0.1) is 5.92 Å². The van der Waals surface area contributed by atoms with Crippen molar-refractivity contribution in [3.8, 4) is 0 Å². The number of alkyl halides is 3. The summed E-state index contributed by atoms with van der Waals surface area (Å²) in [5.41, 5.74) is 0. The Bertz CT molecular complexity index is 502. The summed E-state index contributed by atoms with van der Waals surface area (Å²) in [7, 11) is 3.42. The number of aromatic nitrogens is 3. The fourth-order valence-electron chi connectivity index (χ4n) is 2.60. The van der Waals surface area contributed by atoms with E-state index in [2.05, 4.69) is 25.7 Å². The van der Waals surface area contributed by atoms with Gasteiger partial charge < -0.3 is 10.6 Å². The standard InChI is InChI=1S/C13H21F3N6/c1-17-12(18-7-11-19-8-20-22(11)2)21-10-5-3-9(4-6-10)13(14,15)16/h8-10H,3-7H2,1-2H3,(H2,17,18,21). The number of guanidine groups is 1. The third kappa shape index (κ3) is 4.35. The van der Waals surface area contributed by atoms with E-state index in [0.717, 1.165) is 5.82 Å². The smallest absolute Gasteiger partial charge is 0.354 e. The van der Waals surface area contributed by atoms with E-state index in [4.69, 9.17) is 0 Å². The average Bonchev–Trinajstić information content (AvgIpc) is 2.88. The molecule has 1 aliphatic rings. The Labute approximate surface area is 127 Å². The van der Waals surface area contributed by atoms with Gasteiger partial charge in [0.1, 0.15) is 12.2 Å². The molecule has 0 spiro atoms. The Kier molecular flexibility index (Phi) is 5.25. The Balaban J connectivity index is 1.79. The van der Waals surface area contributed by atoms with Crippen molar-refractivity contribution < 1.29 is 13.2 Å². The largest absolute Gasteiger partial charge is 0.391 e. The molecule has 1 aromatic heterocycles. The van der Waals surface area contributed by atoms with E-state index in [9.17, 15) is 13.2 Å². The molecule has 1 saturated carbocycles.